The van der Waals surface area contributed by atoms with Gasteiger partial charge in [-0.05, 0) is 37.3 Å². The number of nitrogens with one attached hydrogen (secondary N) is 2. The number of benzene rings is 1. The Morgan fingerprint density at radius 2 is 2.09 bits per heavy atom. The smallest absolute Gasteiger partial charge is 0.269 e. The van der Waals surface area contributed by atoms with Crippen LogP contribution in [-0.2, 0) is 6.54 Å². The van der Waals surface area contributed by atoms with E-state index in [0.29, 0.717) is 40.3 Å². The molecule has 5 rings (SSSR count). The van der Waals surface area contributed by atoms with Gasteiger partial charge in [0.25, 0.3) is 11.8 Å². The lowest BCUT2D eigenvalue weighted by atomic mass is 10.1. The van der Waals surface area contributed by atoms with Crippen molar-refractivity contribution < 1.29 is 14.1 Å². The summed E-state index contributed by atoms with van der Waals surface area (Å²) in [4.78, 5) is 16.8. The zero-order valence-electron chi connectivity index (χ0n) is 17.2. The fourth-order valence-electron chi connectivity index (χ4n) is 3.23. The maximum absolute atomic E-state index is 12.6. The van der Waals surface area contributed by atoms with Gasteiger partial charge in [0.05, 0.1) is 19.3 Å². The van der Waals surface area contributed by atoms with E-state index >= 15 is 0 Å². The van der Waals surface area contributed by atoms with Crippen molar-refractivity contribution in [3.63, 3.8) is 0 Å². The van der Waals surface area contributed by atoms with Crippen LogP contribution in [0.3, 0.4) is 0 Å². The first-order valence-corrected chi connectivity index (χ1v) is 9.73. The molecule has 0 unspecified atom stereocenters. The summed E-state index contributed by atoms with van der Waals surface area (Å²) in [5, 5.41) is 21.9. The van der Waals surface area contributed by atoms with Gasteiger partial charge in [-0.1, -0.05) is 17.3 Å². The molecule has 2 N–H and O–H groups in total. The van der Waals surface area contributed by atoms with E-state index in [9.17, 15) is 4.79 Å². The predicted molar refractivity (Wildman–Crippen MR) is 113 cm³/mol. The molecule has 0 atom stereocenters. The second-order valence-corrected chi connectivity index (χ2v) is 6.99. The summed E-state index contributed by atoms with van der Waals surface area (Å²) in [5.74, 6) is 1.95. The third-order valence-corrected chi connectivity index (χ3v) is 4.85. The summed E-state index contributed by atoms with van der Waals surface area (Å²) >= 11 is 0. The predicted octanol–water partition coefficient (Wildman–Crippen LogP) is 2.42. The van der Waals surface area contributed by atoms with Crippen LogP contribution in [0.15, 0.2) is 53.2 Å². The quantitative estimate of drug-likeness (QED) is 0.419. The zero-order chi connectivity index (χ0) is 22.1. The molecular weight excluding hydrogens is 412 g/mol. The van der Waals surface area contributed by atoms with Gasteiger partial charge in [0.15, 0.2) is 17.3 Å². The summed E-state index contributed by atoms with van der Waals surface area (Å²) in [5.41, 5.74) is 3.17. The molecule has 4 heterocycles. The van der Waals surface area contributed by atoms with Crippen LogP contribution in [0.2, 0.25) is 0 Å². The number of carbonyl (C=O) groups excluding carboxylic acids is 1. The van der Waals surface area contributed by atoms with Gasteiger partial charge in [-0.25, -0.2) is 0 Å². The van der Waals surface area contributed by atoms with Gasteiger partial charge in [-0.2, -0.15) is 10.1 Å². The Morgan fingerprint density at radius 1 is 1.19 bits per heavy atom. The normalized spacial score (nSPS) is 11.1. The van der Waals surface area contributed by atoms with Crippen LogP contribution in [0.1, 0.15) is 22.1 Å². The van der Waals surface area contributed by atoms with Gasteiger partial charge in [-0.15, -0.1) is 10.2 Å². The summed E-state index contributed by atoms with van der Waals surface area (Å²) < 4.78 is 12.2. The van der Waals surface area contributed by atoms with Crippen molar-refractivity contribution in [3.05, 3.63) is 66.0 Å². The fourth-order valence-corrected chi connectivity index (χ4v) is 3.23. The molecular formula is C21H18N8O3. The number of rotatable bonds is 6. The number of pyridine rings is 1. The molecule has 1 aromatic carbocycles. The maximum atomic E-state index is 12.6. The van der Waals surface area contributed by atoms with Gasteiger partial charge in [0.2, 0.25) is 0 Å². The standard InChI is InChI=1S/C21H18N8O3/c1-12-23-21(32-28-12)14-6-7-29-18(9-14)26-27-19(29)11-22-20(30)17-10-16(24-25-17)13-4-3-5-15(8-13)31-2/h3-10H,11H2,1-2H3,(H,22,30)(H,24,25). The van der Waals surface area contributed by atoms with Crippen molar-refractivity contribution in [1.29, 1.82) is 0 Å². The molecule has 4 aromatic heterocycles. The highest BCUT2D eigenvalue weighted by atomic mass is 16.5. The van der Waals surface area contributed by atoms with Crippen molar-refractivity contribution in [2.75, 3.05) is 7.11 Å². The lowest BCUT2D eigenvalue weighted by Crippen LogP contribution is -2.24. The molecule has 0 bridgehead atoms. The average molecular weight is 430 g/mol. The van der Waals surface area contributed by atoms with E-state index < -0.39 is 0 Å². The van der Waals surface area contributed by atoms with Crippen LogP contribution in [0.5, 0.6) is 5.75 Å². The summed E-state index contributed by atoms with van der Waals surface area (Å²) in [6.07, 6.45) is 1.79. The highest BCUT2D eigenvalue weighted by molar-refractivity contribution is 5.93. The summed E-state index contributed by atoms with van der Waals surface area (Å²) in [6.45, 7) is 1.94. The molecule has 1 amide bonds. The first kappa shape index (κ1) is 19.4. The summed E-state index contributed by atoms with van der Waals surface area (Å²) in [6, 6.07) is 12.8. The number of hydrogen-bond donors (Lipinski definition) is 2. The zero-order valence-corrected chi connectivity index (χ0v) is 17.2. The number of methoxy groups -OCH3 is 1. The van der Waals surface area contributed by atoms with Crippen LogP contribution in [0, 0.1) is 6.92 Å². The van der Waals surface area contributed by atoms with E-state index in [0.717, 1.165) is 11.1 Å². The minimum absolute atomic E-state index is 0.187. The van der Waals surface area contributed by atoms with Crippen molar-refractivity contribution in [3.8, 4) is 28.5 Å². The molecule has 0 radical (unpaired) electrons. The van der Waals surface area contributed by atoms with Gasteiger partial charge in [0.1, 0.15) is 11.4 Å². The van der Waals surface area contributed by atoms with Crippen LogP contribution in [-0.4, -0.2) is 48.0 Å². The van der Waals surface area contributed by atoms with E-state index in [-0.39, 0.29) is 12.5 Å². The first-order chi connectivity index (χ1) is 15.6. The highest BCUT2D eigenvalue weighted by Crippen LogP contribution is 2.23. The van der Waals surface area contributed by atoms with Crippen LogP contribution in [0.4, 0.5) is 0 Å². The minimum atomic E-state index is -0.304. The molecule has 11 nitrogen and oxygen atoms in total. The van der Waals surface area contributed by atoms with Crippen LogP contribution < -0.4 is 10.1 Å². The first-order valence-electron chi connectivity index (χ1n) is 9.73. The Morgan fingerprint density at radius 3 is 2.91 bits per heavy atom. The van der Waals surface area contributed by atoms with Gasteiger partial charge in [0, 0.05) is 17.3 Å². The molecule has 11 heteroatoms. The molecule has 5 aromatic rings. The van der Waals surface area contributed by atoms with E-state index in [4.69, 9.17) is 9.26 Å². The lowest BCUT2D eigenvalue weighted by Gasteiger charge is -2.03. The topological polar surface area (TPSA) is 136 Å². The molecule has 0 fully saturated rings. The minimum Gasteiger partial charge on any atom is -0.497 e. The second kappa shape index (κ2) is 7.95. The molecule has 32 heavy (non-hydrogen) atoms. The lowest BCUT2D eigenvalue weighted by molar-refractivity contribution is 0.0944. The number of ether oxygens (including phenoxy) is 1. The average Bonchev–Trinajstić information content (AvgIpc) is 3.57. The number of carbonyl (C=O) groups is 1. The number of aromatic nitrogens is 7. The number of aromatic amines is 1. The third-order valence-electron chi connectivity index (χ3n) is 4.85. The Hall–Kier alpha value is -4.54. The molecule has 0 spiro atoms. The molecule has 0 aliphatic rings. The maximum Gasteiger partial charge on any atom is 0.269 e. The number of hydrogen-bond acceptors (Lipinski definition) is 8. The summed E-state index contributed by atoms with van der Waals surface area (Å²) in [7, 11) is 1.60. The third kappa shape index (κ3) is 3.67. The van der Waals surface area contributed by atoms with Crippen molar-refractivity contribution >= 4 is 11.6 Å². The Balaban J connectivity index is 1.29. The molecule has 0 aliphatic heterocycles. The van der Waals surface area contributed by atoms with Gasteiger partial charge >= 0.3 is 0 Å². The van der Waals surface area contributed by atoms with Crippen molar-refractivity contribution in [2.24, 2.45) is 0 Å². The van der Waals surface area contributed by atoms with Crippen molar-refractivity contribution in [1.82, 2.24) is 40.3 Å². The van der Waals surface area contributed by atoms with Crippen molar-refractivity contribution in [2.45, 2.75) is 13.5 Å². The molecule has 0 saturated heterocycles. The number of fused-ring (bicyclic) bond motifs is 1. The molecule has 160 valence electrons. The van der Waals surface area contributed by atoms with E-state index in [1.165, 1.54) is 0 Å². The second-order valence-electron chi connectivity index (χ2n) is 6.99. The Labute approximate surface area is 181 Å². The SMILES string of the molecule is COc1cccc(-c2cc(C(=O)NCc3nnc4cc(-c5nc(C)no5)ccn34)[nH]n2)c1. The van der Waals surface area contributed by atoms with E-state index in [1.807, 2.05) is 30.3 Å². The molecule has 0 saturated carbocycles. The number of amides is 1. The van der Waals surface area contributed by atoms with Crippen LogP contribution in [0.25, 0.3) is 28.4 Å². The number of nitrogens with zero attached hydrogens (tertiary/aromatic N) is 6. The monoisotopic (exact) mass is 430 g/mol. The highest BCUT2D eigenvalue weighted by Gasteiger charge is 2.14. The molecule has 0 aliphatic carbocycles. The van der Waals surface area contributed by atoms with Gasteiger partial charge in [-0.3, -0.25) is 14.3 Å². The van der Waals surface area contributed by atoms with E-state index in [1.54, 1.807) is 36.8 Å². The Bertz CT molecular complexity index is 1420. The fraction of sp³-hybridized carbons (Fsp3) is 0.143. The number of aryl methyl sites for hydroxylation is 1. The largest absolute Gasteiger partial charge is 0.497 e. The number of H-pyrrole nitrogens is 1. The van der Waals surface area contributed by atoms with Gasteiger partial charge < -0.3 is 14.6 Å². The Kier molecular flexibility index (Phi) is 4.82. The van der Waals surface area contributed by atoms with Crippen LogP contribution >= 0.6 is 0 Å². The van der Waals surface area contributed by atoms with E-state index in [2.05, 4.69) is 35.9 Å².